The molecule has 1 heterocycles. The summed E-state index contributed by atoms with van der Waals surface area (Å²) in [5.41, 5.74) is 0.982. The molecule has 1 saturated heterocycles. The van der Waals surface area contributed by atoms with Crippen molar-refractivity contribution in [3.05, 3.63) is 35.9 Å². The lowest BCUT2D eigenvalue weighted by molar-refractivity contribution is -0.180. The summed E-state index contributed by atoms with van der Waals surface area (Å²) < 4.78 is 5.01. The molecule has 2 rings (SSSR count). The maximum absolute atomic E-state index is 11.5. The normalized spacial score (nSPS) is 23.9. The fourth-order valence-corrected chi connectivity index (χ4v) is 1.94. The lowest BCUT2D eigenvalue weighted by atomic mass is 9.91. The lowest BCUT2D eigenvalue weighted by Gasteiger charge is -2.43. The second-order valence-corrected chi connectivity index (χ2v) is 3.83. The van der Waals surface area contributed by atoms with E-state index in [1.807, 2.05) is 30.3 Å². The summed E-state index contributed by atoms with van der Waals surface area (Å²) in [5.74, 6) is -0.573. The van der Waals surface area contributed by atoms with Crippen LogP contribution >= 0.6 is 0 Å². The van der Waals surface area contributed by atoms with E-state index in [4.69, 9.17) is 4.74 Å². The Labute approximate surface area is 93.8 Å². The molecule has 1 amide bonds. The number of β-lactam (4-membered cyclic amide) rings is 1. The van der Waals surface area contributed by atoms with Crippen LogP contribution in [0.1, 0.15) is 18.5 Å². The summed E-state index contributed by atoms with van der Waals surface area (Å²) in [4.78, 5) is 24.0. The Bertz CT molecular complexity index is 416. The number of hydrogen-bond donors (Lipinski definition) is 0. The van der Waals surface area contributed by atoms with Gasteiger partial charge in [0.1, 0.15) is 6.04 Å². The van der Waals surface area contributed by atoms with Crippen molar-refractivity contribution in [1.29, 1.82) is 0 Å². The summed E-state index contributed by atoms with van der Waals surface area (Å²) in [5, 5.41) is 0. The van der Waals surface area contributed by atoms with Crippen molar-refractivity contribution in [3.8, 4) is 0 Å². The lowest BCUT2D eigenvalue weighted by Crippen LogP contribution is -2.58. The van der Waals surface area contributed by atoms with E-state index in [1.54, 1.807) is 11.9 Å². The summed E-state index contributed by atoms with van der Waals surface area (Å²) in [6.07, 6.45) is -0.662. The molecule has 4 nitrogen and oxygen atoms in total. The minimum Gasteiger partial charge on any atom is -0.450 e. The van der Waals surface area contributed by atoms with Gasteiger partial charge in [-0.1, -0.05) is 30.3 Å². The number of nitrogens with zero attached hydrogens (tertiary/aromatic N) is 1. The Morgan fingerprint density at radius 3 is 2.50 bits per heavy atom. The third-order valence-electron chi connectivity index (χ3n) is 2.73. The zero-order chi connectivity index (χ0) is 11.7. The van der Waals surface area contributed by atoms with Gasteiger partial charge in [-0.05, 0) is 5.56 Å². The quantitative estimate of drug-likeness (QED) is 0.553. The molecule has 1 aromatic carbocycles. The van der Waals surface area contributed by atoms with Crippen molar-refractivity contribution in [1.82, 2.24) is 4.90 Å². The van der Waals surface area contributed by atoms with Crippen LogP contribution in [0.2, 0.25) is 0 Å². The van der Waals surface area contributed by atoms with E-state index in [0.29, 0.717) is 0 Å². The van der Waals surface area contributed by atoms with Crippen LogP contribution in [0, 0.1) is 0 Å². The summed E-state index contributed by atoms with van der Waals surface area (Å²) >= 11 is 0. The first-order valence-corrected chi connectivity index (χ1v) is 5.10. The topological polar surface area (TPSA) is 46.6 Å². The molecule has 1 aromatic rings. The van der Waals surface area contributed by atoms with Gasteiger partial charge in [-0.25, -0.2) is 0 Å². The monoisotopic (exact) mass is 219 g/mol. The van der Waals surface area contributed by atoms with E-state index >= 15 is 0 Å². The van der Waals surface area contributed by atoms with Crippen molar-refractivity contribution in [2.75, 3.05) is 7.05 Å². The van der Waals surface area contributed by atoms with Gasteiger partial charge in [0.05, 0.1) is 0 Å². The fourth-order valence-electron chi connectivity index (χ4n) is 1.94. The number of esters is 1. The number of likely N-dealkylation sites (N-methyl/N-ethyl adjacent to an activating group) is 1. The van der Waals surface area contributed by atoms with Gasteiger partial charge in [-0.15, -0.1) is 0 Å². The van der Waals surface area contributed by atoms with Crippen molar-refractivity contribution >= 4 is 11.9 Å². The molecular weight excluding hydrogens is 206 g/mol. The van der Waals surface area contributed by atoms with Crippen LogP contribution in [0.25, 0.3) is 0 Å². The Morgan fingerprint density at radius 2 is 1.94 bits per heavy atom. The Hall–Kier alpha value is -1.84. The highest BCUT2D eigenvalue weighted by molar-refractivity contribution is 5.90. The van der Waals surface area contributed by atoms with Crippen LogP contribution in [-0.2, 0) is 14.3 Å². The van der Waals surface area contributed by atoms with E-state index in [1.165, 1.54) is 6.92 Å². The standard InChI is InChI=1S/C12H13NO3/c1-8(14)16-11-10(13(2)12(11)15)9-6-4-3-5-7-9/h3-7,10-11H,1-2H3/t10-,11-/m1/s1. The highest BCUT2D eigenvalue weighted by atomic mass is 16.6. The molecule has 0 saturated carbocycles. The average Bonchev–Trinajstić information content (AvgIpc) is 2.29. The van der Waals surface area contributed by atoms with Crippen LogP contribution in [-0.4, -0.2) is 29.9 Å². The number of likely N-dealkylation sites (tertiary alicyclic amines) is 1. The number of carbonyl (C=O) groups is 2. The van der Waals surface area contributed by atoms with Gasteiger partial charge in [0.25, 0.3) is 5.91 Å². The molecular formula is C12H13NO3. The van der Waals surface area contributed by atoms with Gasteiger partial charge in [0.15, 0.2) is 0 Å². The maximum atomic E-state index is 11.5. The van der Waals surface area contributed by atoms with Gasteiger partial charge < -0.3 is 9.64 Å². The maximum Gasteiger partial charge on any atom is 0.303 e. The van der Waals surface area contributed by atoms with Crippen molar-refractivity contribution < 1.29 is 14.3 Å². The van der Waals surface area contributed by atoms with Crippen LogP contribution in [0.3, 0.4) is 0 Å². The van der Waals surface area contributed by atoms with Gasteiger partial charge in [0, 0.05) is 14.0 Å². The van der Waals surface area contributed by atoms with Crippen LogP contribution in [0.15, 0.2) is 30.3 Å². The summed E-state index contributed by atoms with van der Waals surface area (Å²) in [7, 11) is 1.71. The third kappa shape index (κ3) is 1.66. The summed E-state index contributed by atoms with van der Waals surface area (Å²) in [6, 6.07) is 9.39. The predicted molar refractivity (Wildman–Crippen MR) is 57.5 cm³/mol. The molecule has 2 atom stereocenters. The van der Waals surface area contributed by atoms with E-state index in [2.05, 4.69) is 0 Å². The first-order valence-electron chi connectivity index (χ1n) is 5.10. The minimum atomic E-state index is -0.662. The predicted octanol–water partition coefficient (Wildman–Crippen LogP) is 1.13. The molecule has 4 heteroatoms. The van der Waals surface area contributed by atoms with Gasteiger partial charge in [0.2, 0.25) is 6.10 Å². The number of amides is 1. The van der Waals surface area contributed by atoms with Gasteiger partial charge in [-0.3, -0.25) is 9.59 Å². The smallest absolute Gasteiger partial charge is 0.303 e. The van der Waals surface area contributed by atoms with Gasteiger partial charge >= 0.3 is 5.97 Å². The molecule has 0 aromatic heterocycles. The third-order valence-corrected chi connectivity index (χ3v) is 2.73. The molecule has 16 heavy (non-hydrogen) atoms. The molecule has 0 bridgehead atoms. The second kappa shape index (κ2) is 3.96. The molecule has 0 spiro atoms. The molecule has 0 unspecified atom stereocenters. The summed E-state index contributed by atoms with van der Waals surface area (Å²) in [6.45, 7) is 1.31. The molecule has 1 aliphatic heterocycles. The Morgan fingerprint density at radius 1 is 1.31 bits per heavy atom. The Balaban J connectivity index is 2.20. The van der Waals surface area contributed by atoms with Crippen LogP contribution in [0.5, 0.6) is 0 Å². The van der Waals surface area contributed by atoms with Crippen molar-refractivity contribution in [2.45, 2.75) is 19.1 Å². The number of ether oxygens (including phenoxy) is 1. The number of benzene rings is 1. The van der Waals surface area contributed by atoms with E-state index in [9.17, 15) is 9.59 Å². The van der Waals surface area contributed by atoms with Crippen LogP contribution in [0.4, 0.5) is 0 Å². The van der Waals surface area contributed by atoms with Crippen molar-refractivity contribution in [2.24, 2.45) is 0 Å². The van der Waals surface area contributed by atoms with E-state index in [-0.39, 0.29) is 11.9 Å². The second-order valence-electron chi connectivity index (χ2n) is 3.83. The molecule has 0 radical (unpaired) electrons. The largest absolute Gasteiger partial charge is 0.450 e. The number of carbonyl (C=O) groups excluding carboxylic acids is 2. The number of rotatable bonds is 2. The highest BCUT2D eigenvalue weighted by Crippen LogP contribution is 2.35. The van der Waals surface area contributed by atoms with E-state index < -0.39 is 12.1 Å². The van der Waals surface area contributed by atoms with Crippen LogP contribution < -0.4 is 0 Å². The molecule has 1 fully saturated rings. The highest BCUT2D eigenvalue weighted by Gasteiger charge is 2.48. The molecule has 1 aliphatic rings. The number of hydrogen-bond acceptors (Lipinski definition) is 3. The molecule has 0 aliphatic carbocycles. The Kier molecular flexibility index (Phi) is 2.64. The zero-order valence-electron chi connectivity index (χ0n) is 9.21. The fraction of sp³-hybridized carbons (Fsp3) is 0.333. The van der Waals surface area contributed by atoms with E-state index in [0.717, 1.165) is 5.56 Å². The first kappa shape index (κ1) is 10.7. The SMILES string of the molecule is CC(=O)O[C@H]1C(=O)N(C)[C@@H]1c1ccccc1. The van der Waals surface area contributed by atoms with Crippen molar-refractivity contribution in [3.63, 3.8) is 0 Å². The zero-order valence-corrected chi connectivity index (χ0v) is 9.21. The minimum absolute atomic E-state index is 0.149. The van der Waals surface area contributed by atoms with Gasteiger partial charge in [-0.2, -0.15) is 0 Å². The molecule has 0 N–H and O–H groups in total. The average molecular weight is 219 g/mol. The first-order chi connectivity index (χ1) is 7.61. The molecule has 84 valence electrons.